The van der Waals surface area contributed by atoms with Crippen LogP contribution in [0, 0.1) is 0 Å². The van der Waals surface area contributed by atoms with Gasteiger partial charge in [-0.3, -0.25) is 9.13 Å². The molecule has 0 unspecified atom stereocenters. The molecule has 0 aliphatic carbocycles. The minimum Gasteiger partial charge on any atom is -0.394 e. The summed E-state index contributed by atoms with van der Waals surface area (Å²) in [6, 6.07) is 0. The molecular formula is C23H32N12O8. The molecule has 12 N–H and O–H groups in total. The molecule has 2 aliphatic rings. The number of rotatable bonds is 10. The number of hydrogen-bond acceptors (Lipinski definition) is 18. The third-order valence-corrected chi connectivity index (χ3v) is 7.47. The molecule has 2 fully saturated rings. The molecule has 0 saturated carbocycles. The van der Waals surface area contributed by atoms with Crippen molar-refractivity contribution >= 4 is 45.9 Å². The fourth-order valence-electron chi connectivity index (χ4n) is 5.26. The lowest BCUT2D eigenvalue weighted by atomic mass is 10.1. The number of aliphatic hydroxyl groups is 6. The predicted molar refractivity (Wildman–Crippen MR) is 147 cm³/mol. The van der Waals surface area contributed by atoms with Crippen molar-refractivity contribution in [2.24, 2.45) is 0 Å². The maximum absolute atomic E-state index is 10.6. The largest absolute Gasteiger partial charge is 0.394 e. The van der Waals surface area contributed by atoms with E-state index in [2.05, 4.69) is 40.5 Å². The third-order valence-electron chi connectivity index (χ3n) is 7.47. The van der Waals surface area contributed by atoms with Crippen LogP contribution in [0.4, 0.5) is 23.5 Å². The van der Waals surface area contributed by atoms with Crippen molar-refractivity contribution in [3.05, 3.63) is 12.7 Å². The molecule has 6 heterocycles. The van der Waals surface area contributed by atoms with Crippen molar-refractivity contribution in [3.8, 4) is 0 Å². The fourth-order valence-corrected chi connectivity index (χ4v) is 5.26. The Balaban J connectivity index is 1.19. The second-order valence-corrected chi connectivity index (χ2v) is 10.1. The standard InChI is InChI=1S/C23H32N12O8/c24-16-10-18(30-6-28-16)34(20-14(40)12(38)8(4-36)42-20)22(32-10)26-2-1-3-27-23-33-11-17(25)29-7-31-19(11)35(23)21-15(41)13(39)9(5-37)43-21/h6-9,12-15,20-21,36-41H,1-5H2,(H,26,32)(H,27,33)(H2,24,28,30)(H2,25,29,31)/t8-,9-,12+,13+,14+,15+,20-,21-/m0/s1. The molecule has 2 aliphatic heterocycles. The molecule has 0 bridgehead atoms. The van der Waals surface area contributed by atoms with Crippen LogP contribution in [0.2, 0.25) is 0 Å². The molecule has 4 aromatic rings. The van der Waals surface area contributed by atoms with Crippen molar-refractivity contribution in [3.63, 3.8) is 0 Å². The van der Waals surface area contributed by atoms with E-state index in [9.17, 15) is 30.6 Å². The number of nitrogen functional groups attached to an aromatic ring is 2. The third kappa shape index (κ3) is 4.92. The van der Waals surface area contributed by atoms with Gasteiger partial charge in [-0.05, 0) is 6.42 Å². The Kier molecular flexibility index (Phi) is 7.83. The first-order chi connectivity index (χ1) is 20.7. The average molecular weight is 605 g/mol. The van der Waals surface area contributed by atoms with E-state index in [0.717, 1.165) is 0 Å². The lowest BCUT2D eigenvalue weighted by Crippen LogP contribution is -2.33. The zero-order chi connectivity index (χ0) is 30.4. The van der Waals surface area contributed by atoms with Crippen LogP contribution in [0.5, 0.6) is 0 Å². The molecule has 0 amide bonds. The van der Waals surface area contributed by atoms with Gasteiger partial charge in [0.15, 0.2) is 46.4 Å². The number of nitrogens with zero attached hydrogens (tertiary/aromatic N) is 8. The monoisotopic (exact) mass is 604 g/mol. The van der Waals surface area contributed by atoms with Crippen molar-refractivity contribution in [2.45, 2.75) is 55.5 Å². The smallest absolute Gasteiger partial charge is 0.207 e. The highest BCUT2D eigenvalue weighted by Crippen LogP contribution is 2.36. The van der Waals surface area contributed by atoms with Crippen LogP contribution in [0.1, 0.15) is 18.9 Å². The number of ether oxygens (including phenoxy) is 2. The Morgan fingerprint density at radius 3 is 1.47 bits per heavy atom. The second-order valence-electron chi connectivity index (χ2n) is 10.1. The zero-order valence-electron chi connectivity index (χ0n) is 22.5. The molecule has 2 saturated heterocycles. The molecule has 20 nitrogen and oxygen atoms in total. The van der Waals surface area contributed by atoms with E-state index in [1.165, 1.54) is 21.8 Å². The van der Waals surface area contributed by atoms with Crippen molar-refractivity contribution < 1.29 is 40.1 Å². The van der Waals surface area contributed by atoms with E-state index in [-0.39, 0.29) is 45.9 Å². The van der Waals surface area contributed by atoms with Crippen LogP contribution >= 0.6 is 0 Å². The molecule has 20 heteroatoms. The van der Waals surface area contributed by atoms with Crippen LogP contribution in [0.3, 0.4) is 0 Å². The average Bonchev–Trinajstić information content (AvgIpc) is 3.71. The van der Waals surface area contributed by atoms with Gasteiger partial charge in [-0.25, -0.2) is 29.9 Å². The summed E-state index contributed by atoms with van der Waals surface area (Å²) in [7, 11) is 0. The first kappa shape index (κ1) is 29.1. The number of nitrogens with two attached hydrogens (primary N) is 2. The van der Waals surface area contributed by atoms with Crippen molar-refractivity contribution in [2.75, 3.05) is 48.4 Å². The van der Waals surface area contributed by atoms with Gasteiger partial charge < -0.3 is 62.2 Å². The van der Waals surface area contributed by atoms with Gasteiger partial charge in [-0.2, -0.15) is 0 Å². The summed E-state index contributed by atoms with van der Waals surface area (Å²) in [6.07, 6.45) is -6.74. The Hall–Kier alpha value is -4.02. The van der Waals surface area contributed by atoms with E-state index in [1.54, 1.807) is 0 Å². The van der Waals surface area contributed by atoms with Crippen LogP contribution in [0.25, 0.3) is 22.3 Å². The lowest BCUT2D eigenvalue weighted by molar-refractivity contribution is -0.0501. The number of imidazole rings is 2. The van der Waals surface area contributed by atoms with Crippen LogP contribution in [0.15, 0.2) is 12.7 Å². The number of hydrogen-bond donors (Lipinski definition) is 10. The minimum atomic E-state index is -1.38. The highest BCUT2D eigenvalue weighted by molar-refractivity contribution is 5.84. The topological polar surface area (TPSA) is 303 Å². The SMILES string of the molecule is Nc1ncnc2c1nc(NCCCNc1nc3c(N)ncnc3n1[C@H]1O[C@@H](CO)[C@@H](O)[C@H]1O)n2[C@H]1O[C@@H](CO)[C@@H](O)[C@H]1O. The van der Waals surface area contributed by atoms with Gasteiger partial charge in [0.05, 0.1) is 13.2 Å². The van der Waals surface area contributed by atoms with Gasteiger partial charge in [0.1, 0.15) is 49.3 Å². The molecule has 8 atom stereocenters. The van der Waals surface area contributed by atoms with Gasteiger partial charge in [-0.1, -0.05) is 0 Å². The first-order valence-electron chi connectivity index (χ1n) is 13.4. The minimum absolute atomic E-state index is 0.103. The second kappa shape index (κ2) is 11.6. The molecule has 0 spiro atoms. The number of nitrogens with one attached hydrogen (secondary N) is 2. The molecule has 232 valence electrons. The maximum atomic E-state index is 10.6. The van der Waals surface area contributed by atoms with Gasteiger partial charge in [0.2, 0.25) is 11.9 Å². The number of fused-ring (bicyclic) bond motifs is 2. The Labute approximate surface area is 242 Å². The van der Waals surface area contributed by atoms with Crippen LogP contribution in [-0.4, -0.2) is 133 Å². The summed E-state index contributed by atoms with van der Waals surface area (Å²) in [5.74, 6) is 0.676. The van der Waals surface area contributed by atoms with Crippen molar-refractivity contribution in [1.82, 2.24) is 39.0 Å². The van der Waals surface area contributed by atoms with E-state index >= 15 is 0 Å². The van der Waals surface area contributed by atoms with E-state index in [0.29, 0.717) is 19.5 Å². The molecule has 0 aromatic carbocycles. The highest BCUT2D eigenvalue weighted by Gasteiger charge is 2.46. The molecule has 4 aromatic heterocycles. The number of anilines is 4. The highest BCUT2D eigenvalue weighted by atomic mass is 16.6. The molecule has 0 radical (unpaired) electrons. The van der Waals surface area contributed by atoms with Gasteiger partial charge in [0.25, 0.3) is 0 Å². The van der Waals surface area contributed by atoms with Gasteiger partial charge in [0, 0.05) is 13.1 Å². The molecule has 6 rings (SSSR count). The summed E-state index contributed by atoms with van der Waals surface area (Å²) >= 11 is 0. The number of aromatic nitrogens is 8. The van der Waals surface area contributed by atoms with E-state index in [1.807, 2.05) is 0 Å². The summed E-state index contributed by atoms with van der Waals surface area (Å²) < 4.78 is 14.3. The lowest BCUT2D eigenvalue weighted by Gasteiger charge is -2.20. The number of aliphatic hydroxyl groups excluding tert-OH is 6. The predicted octanol–water partition coefficient (Wildman–Crippen LogP) is -3.73. The molecular weight excluding hydrogens is 572 g/mol. The Bertz CT molecular complexity index is 1490. The van der Waals surface area contributed by atoms with Gasteiger partial charge >= 0.3 is 0 Å². The molecule has 43 heavy (non-hydrogen) atoms. The van der Waals surface area contributed by atoms with Crippen molar-refractivity contribution in [1.29, 1.82) is 0 Å². The van der Waals surface area contributed by atoms with E-state index < -0.39 is 62.3 Å². The Morgan fingerprint density at radius 2 is 1.09 bits per heavy atom. The zero-order valence-corrected chi connectivity index (χ0v) is 22.5. The normalized spacial score (nSPS) is 29.2. The maximum Gasteiger partial charge on any atom is 0.207 e. The summed E-state index contributed by atoms with van der Waals surface area (Å²) in [4.78, 5) is 25.3. The summed E-state index contributed by atoms with van der Waals surface area (Å²) in [6.45, 7) is -0.349. The van der Waals surface area contributed by atoms with Gasteiger partial charge in [-0.15, -0.1) is 0 Å². The summed E-state index contributed by atoms with van der Waals surface area (Å²) in [5, 5.41) is 67.3. The fraction of sp³-hybridized carbons (Fsp3) is 0.565. The Morgan fingerprint density at radius 1 is 0.674 bits per heavy atom. The summed E-state index contributed by atoms with van der Waals surface area (Å²) in [5.41, 5.74) is 13.0. The van der Waals surface area contributed by atoms with E-state index in [4.69, 9.17) is 20.9 Å². The van der Waals surface area contributed by atoms with Crippen LogP contribution in [-0.2, 0) is 9.47 Å². The first-order valence-corrected chi connectivity index (χ1v) is 13.4. The quantitative estimate of drug-likeness (QED) is 0.0777. The van der Waals surface area contributed by atoms with Crippen LogP contribution < -0.4 is 22.1 Å².